The van der Waals surface area contributed by atoms with Crippen molar-refractivity contribution in [3.05, 3.63) is 147 Å². The quantitative estimate of drug-likeness (QED) is 0.104. The predicted octanol–water partition coefficient (Wildman–Crippen LogP) is 7.30. The second-order valence-electron chi connectivity index (χ2n) is 11.5. The molecule has 5 aromatic rings. The fraction of sp³-hybridized carbons (Fsp3) is 0.132. The Morgan fingerprint density at radius 1 is 0.860 bits per heavy atom. The first-order valence-electron chi connectivity index (χ1n) is 15.6. The van der Waals surface area contributed by atoms with Crippen molar-refractivity contribution in [3.8, 4) is 6.07 Å². The molecule has 1 aliphatic heterocycles. The highest BCUT2D eigenvalue weighted by atomic mass is 32.2. The van der Waals surface area contributed by atoms with Gasteiger partial charge in [-0.2, -0.15) is 5.26 Å². The number of amides is 2. The van der Waals surface area contributed by atoms with Gasteiger partial charge in [0, 0.05) is 35.1 Å². The Kier molecular flexibility index (Phi) is 10.4. The fourth-order valence-corrected chi connectivity index (χ4v) is 8.08. The van der Waals surface area contributed by atoms with Gasteiger partial charge >= 0.3 is 11.9 Å². The number of hydrogen-bond acceptors (Lipinski definition) is 8. The molecule has 1 aliphatic rings. The molecule has 0 saturated heterocycles. The highest BCUT2D eigenvalue weighted by molar-refractivity contribution is 8.00. The normalized spacial score (nSPS) is 13.0. The average molecular weight is 703 g/mol. The average Bonchev–Trinajstić information content (AvgIpc) is 3.47. The molecule has 6 rings (SSSR count). The second kappa shape index (κ2) is 15.2. The minimum absolute atomic E-state index is 0.197. The maximum atomic E-state index is 14.0. The number of anilines is 2. The Balaban J connectivity index is 1.21. The molecule has 1 unspecified atom stereocenters. The highest BCUT2D eigenvalue weighted by Crippen LogP contribution is 2.41. The second-order valence-corrected chi connectivity index (χ2v) is 13.8. The number of carboxylic acid groups (broad SMARTS) is 2. The van der Waals surface area contributed by atoms with Crippen molar-refractivity contribution >= 4 is 57.5 Å². The molecule has 0 saturated carbocycles. The number of nitrogens with one attached hydrogen (secondary N) is 2. The summed E-state index contributed by atoms with van der Waals surface area (Å²) in [6, 6.07) is 31.8. The molecule has 0 fully saturated rings. The van der Waals surface area contributed by atoms with Crippen LogP contribution in [0.4, 0.5) is 10.7 Å². The maximum Gasteiger partial charge on any atom is 0.336 e. The number of nitriles is 1. The van der Waals surface area contributed by atoms with Crippen LogP contribution in [0, 0.1) is 11.3 Å². The van der Waals surface area contributed by atoms with E-state index in [1.807, 2.05) is 48.5 Å². The third kappa shape index (κ3) is 7.76. The van der Waals surface area contributed by atoms with Crippen LogP contribution in [0.2, 0.25) is 0 Å². The van der Waals surface area contributed by atoms with Crippen molar-refractivity contribution in [2.24, 2.45) is 0 Å². The van der Waals surface area contributed by atoms with Crippen LogP contribution in [0.3, 0.4) is 0 Å². The number of hydrogen-bond donors (Lipinski definition) is 4. The number of carboxylic acids is 2. The van der Waals surface area contributed by atoms with E-state index in [-0.39, 0.29) is 17.0 Å². The largest absolute Gasteiger partial charge is 0.478 e. The maximum absolute atomic E-state index is 14.0. The summed E-state index contributed by atoms with van der Waals surface area (Å²) in [5.41, 5.74) is 2.89. The Labute approximate surface area is 296 Å². The van der Waals surface area contributed by atoms with Crippen molar-refractivity contribution in [2.75, 3.05) is 17.2 Å². The standard InChI is InChI=1S/C38H30N4O6S2/c39-20-31-28-16-17-42(21-23-8-3-1-4-9-23)22-32(28)50-36(31)41-35(44)33(24-10-5-2-6-11-24)49-27-13-7-12-26(19-27)40-34(43)29-15-14-25(37(45)46)18-30(29)38(47)48/h1-15,18-19,33H,16-17,21-22H2,(H,40,43)(H,41,44)(H,45,46)(H,47,48). The molecule has 0 spiro atoms. The van der Waals surface area contributed by atoms with Gasteiger partial charge in [0.05, 0.1) is 22.3 Å². The Bertz CT molecular complexity index is 2130. The molecular formula is C38H30N4O6S2. The van der Waals surface area contributed by atoms with Crippen molar-refractivity contribution in [2.45, 2.75) is 29.7 Å². The van der Waals surface area contributed by atoms with Gasteiger partial charge in [-0.25, -0.2) is 9.59 Å². The van der Waals surface area contributed by atoms with Gasteiger partial charge in [0.25, 0.3) is 5.91 Å². The van der Waals surface area contributed by atoms with Gasteiger partial charge in [-0.1, -0.05) is 66.7 Å². The van der Waals surface area contributed by atoms with Crippen molar-refractivity contribution in [3.63, 3.8) is 0 Å². The Morgan fingerprint density at radius 3 is 2.30 bits per heavy atom. The fourth-order valence-electron chi connectivity index (χ4n) is 5.75. The smallest absolute Gasteiger partial charge is 0.336 e. The van der Waals surface area contributed by atoms with Crippen molar-refractivity contribution < 1.29 is 29.4 Å². The Morgan fingerprint density at radius 2 is 1.60 bits per heavy atom. The topological polar surface area (TPSA) is 160 Å². The first kappa shape index (κ1) is 34.1. The van der Waals surface area contributed by atoms with Crippen LogP contribution in [0.5, 0.6) is 0 Å². The van der Waals surface area contributed by atoms with Crippen LogP contribution >= 0.6 is 23.1 Å². The molecule has 0 bridgehead atoms. The molecule has 2 amide bonds. The number of fused-ring (bicyclic) bond motifs is 1. The minimum Gasteiger partial charge on any atom is -0.478 e. The summed E-state index contributed by atoms with van der Waals surface area (Å²) >= 11 is 2.69. The summed E-state index contributed by atoms with van der Waals surface area (Å²) in [5, 5.41) is 34.5. The lowest BCUT2D eigenvalue weighted by molar-refractivity contribution is -0.115. The molecule has 4 N–H and O–H groups in total. The van der Waals surface area contributed by atoms with E-state index < -0.39 is 28.7 Å². The minimum atomic E-state index is -1.44. The lowest BCUT2D eigenvalue weighted by atomic mass is 10.0. The molecule has 12 heteroatoms. The zero-order valence-electron chi connectivity index (χ0n) is 26.5. The molecule has 0 radical (unpaired) electrons. The molecule has 2 heterocycles. The van der Waals surface area contributed by atoms with Crippen LogP contribution < -0.4 is 10.6 Å². The van der Waals surface area contributed by atoms with Crippen molar-refractivity contribution in [1.82, 2.24) is 4.90 Å². The summed E-state index contributed by atoms with van der Waals surface area (Å²) in [7, 11) is 0. The zero-order chi connectivity index (χ0) is 35.2. The van der Waals surface area contributed by atoms with E-state index in [1.165, 1.54) is 34.7 Å². The van der Waals surface area contributed by atoms with Gasteiger partial charge in [0.2, 0.25) is 5.91 Å². The number of carbonyl (C=O) groups excluding carboxylic acids is 2. The van der Waals surface area contributed by atoms with E-state index in [1.54, 1.807) is 24.3 Å². The van der Waals surface area contributed by atoms with Crippen LogP contribution in [0.1, 0.15) is 63.5 Å². The molecular weight excluding hydrogens is 673 g/mol. The summed E-state index contributed by atoms with van der Waals surface area (Å²) in [6.45, 7) is 2.29. The van der Waals surface area contributed by atoms with E-state index in [9.17, 15) is 34.7 Å². The molecule has 250 valence electrons. The number of thioether (sulfide) groups is 1. The van der Waals surface area contributed by atoms with Crippen LogP contribution in [0.25, 0.3) is 0 Å². The van der Waals surface area contributed by atoms with E-state index >= 15 is 0 Å². The van der Waals surface area contributed by atoms with Gasteiger partial charge < -0.3 is 20.8 Å². The predicted molar refractivity (Wildman–Crippen MR) is 192 cm³/mol. The van der Waals surface area contributed by atoms with Gasteiger partial charge in [-0.3, -0.25) is 14.5 Å². The molecule has 1 aromatic heterocycles. The van der Waals surface area contributed by atoms with Crippen LogP contribution in [-0.2, 0) is 24.3 Å². The van der Waals surface area contributed by atoms with Crippen LogP contribution in [0.15, 0.2) is 108 Å². The summed E-state index contributed by atoms with van der Waals surface area (Å²) < 4.78 is 0. The number of aromatic carboxylic acids is 2. The number of rotatable bonds is 11. The van der Waals surface area contributed by atoms with E-state index in [0.717, 1.165) is 41.2 Å². The third-order valence-corrected chi connectivity index (χ3v) is 10.5. The lowest BCUT2D eigenvalue weighted by Crippen LogP contribution is -2.29. The number of benzene rings is 4. The van der Waals surface area contributed by atoms with E-state index in [4.69, 9.17) is 0 Å². The van der Waals surface area contributed by atoms with Gasteiger partial charge in [-0.15, -0.1) is 23.1 Å². The van der Waals surface area contributed by atoms with Crippen LogP contribution in [-0.4, -0.2) is 45.4 Å². The zero-order valence-corrected chi connectivity index (χ0v) is 28.1. The molecule has 10 nitrogen and oxygen atoms in total. The summed E-state index contributed by atoms with van der Waals surface area (Å²) in [4.78, 5) is 54.3. The Hall–Kier alpha value is -5.74. The number of nitrogens with zero attached hydrogens (tertiary/aromatic N) is 2. The number of carbonyl (C=O) groups is 4. The van der Waals surface area contributed by atoms with Gasteiger partial charge in [-0.05, 0) is 59.5 Å². The number of thiophene rings is 1. The van der Waals surface area contributed by atoms with Gasteiger partial charge in [0.1, 0.15) is 16.3 Å². The first-order valence-corrected chi connectivity index (χ1v) is 17.2. The summed E-state index contributed by atoms with van der Waals surface area (Å²) in [6.07, 6.45) is 0.713. The van der Waals surface area contributed by atoms with Gasteiger partial charge in [0.15, 0.2) is 0 Å². The van der Waals surface area contributed by atoms with Crippen molar-refractivity contribution in [1.29, 1.82) is 5.26 Å². The molecule has 4 aromatic carbocycles. The molecule has 50 heavy (non-hydrogen) atoms. The summed E-state index contributed by atoms with van der Waals surface area (Å²) in [5.74, 6) is -3.78. The van der Waals surface area contributed by atoms with E-state index in [0.29, 0.717) is 34.1 Å². The third-order valence-electron chi connectivity index (χ3n) is 8.16. The lowest BCUT2D eigenvalue weighted by Gasteiger charge is -2.26. The SMILES string of the molecule is N#Cc1c(NC(=O)C(Sc2cccc(NC(=O)c3ccc(C(=O)O)cc3C(=O)O)c2)c2ccccc2)sc2c1CCN(Cc1ccccc1)C2. The monoisotopic (exact) mass is 702 g/mol. The van der Waals surface area contributed by atoms with E-state index in [2.05, 4.69) is 33.7 Å². The highest BCUT2D eigenvalue weighted by Gasteiger charge is 2.29. The molecule has 1 atom stereocenters. The first-order chi connectivity index (χ1) is 24.2. The molecule has 0 aliphatic carbocycles.